The molecule has 4 aromatic rings. The first kappa shape index (κ1) is 23.3. The molecule has 36 heavy (non-hydrogen) atoms. The lowest BCUT2D eigenvalue weighted by Crippen LogP contribution is -2.28. The van der Waals surface area contributed by atoms with E-state index in [-0.39, 0.29) is 17.2 Å². The van der Waals surface area contributed by atoms with Crippen molar-refractivity contribution in [1.29, 1.82) is 0 Å². The fourth-order valence-corrected chi connectivity index (χ4v) is 4.23. The lowest BCUT2D eigenvalue weighted by molar-refractivity contribution is 0.0949. The van der Waals surface area contributed by atoms with Gasteiger partial charge in [-0.15, -0.1) is 0 Å². The highest BCUT2D eigenvalue weighted by Gasteiger charge is 2.18. The number of methoxy groups -OCH3 is 2. The van der Waals surface area contributed by atoms with E-state index in [4.69, 9.17) is 14.2 Å². The minimum absolute atomic E-state index is 0.170. The predicted molar refractivity (Wildman–Crippen MR) is 136 cm³/mol. The van der Waals surface area contributed by atoms with Crippen molar-refractivity contribution in [1.82, 2.24) is 19.9 Å². The number of ether oxygens (including phenoxy) is 3. The Balaban J connectivity index is 1.32. The second-order valence-corrected chi connectivity index (χ2v) is 8.50. The third-order valence-corrected chi connectivity index (χ3v) is 6.21. The Morgan fingerprint density at radius 2 is 1.97 bits per heavy atom. The van der Waals surface area contributed by atoms with E-state index in [1.165, 1.54) is 10.6 Å². The van der Waals surface area contributed by atoms with Crippen LogP contribution in [0.2, 0.25) is 0 Å². The number of likely N-dealkylation sites (N-methyl/N-ethyl adjacent to an activating group) is 1. The highest BCUT2D eigenvalue weighted by atomic mass is 16.5. The molecular weight excluding hydrogens is 462 g/mol. The molecule has 0 saturated heterocycles. The fraction of sp³-hybridized carbons (Fsp3) is 0.269. The Hall–Kier alpha value is -4.47. The summed E-state index contributed by atoms with van der Waals surface area (Å²) in [6.45, 7) is 1.82. The number of H-pyrrole nitrogens is 1. The number of amides is 1. The van der Waals surface area contributed by atoms with Gasteiger partial charge >= 0.3 is 0 Å². The Morgan fingerprint density at radius 3 is 2.78 bits per heavy atom. The third kappa shape index (κ3) is 4.45. The molecule has 1 amide bonds. The summed E-state index contributed by atoms with van der Waals surface area (Å²) in [6.07, 6.45) is 2.31. The maximum Gasteiger partial charge on any atom is 0.274 e. The number of aromatic nitrogens is 3. The minimum Gasteiger partial charge on any atom is -0.493 e. The number of carbonyl (C=O) groups excluding carboxylic acids is 1. The zero-order valence-corrected chi connectivity index (χ0v) is 20.3. The molecule has 2 N–H and O–H groups in total. The smallest absolute Gasteiger partial charge is 0.274 e. The number of carbonyl (C=O) groups is 1. The van der Waals surface area contributed by atoms with Crippen LogP contribution in [-0.2, 0) is 6.42 Å². The van der Waals surface area contributed by atoms with E-state index < -0.39 is 0 Å². The van der Waals surface area contributed by atoms with E-state index in [9.17, 15) is 9.59 Å². The normalized spacial score (nSPS) is 12.7. The van der Waals surface area contributed by atoms with Gasteiger partial charge in [0.2, 0.25) is 0 Å². The van der Waals surface area contributed by atoms with Gasteiger partial charge in [-0.1, -0.05) is 6.07 Å². The van der Waals surface area contributed by atoms with E-state index in [1.807, 2.05) is 43.4 Å². The van der Waals surface area contributed by atoms with Crippen molar-refractivity contribution in [2.75, 3.05) is 45.9 Å². The number of nitrogens with zero attached hydrogens (tertiary/aromatic N) is 3. The van der Waals surface area contributed by atoms with Crippen molar-refractivity contribution < 1.29 is 19.0 Å². The quantitative estimate of drug-likeness (QED) is 0.410. The molecule has 0 aliphatic carbocycles. The van der Waals surface area contributed by atoms with Crippen LogP contribution in [0.5, 0.6) is 17.2 Å². The molecule has 0 bridgehead atoms. The lowest BCUT2D eigenvalue weighted by atomic mass is 10.1. The van der Waals surface area contributed by atoms with Crippen LogP contribution in [0, 0.1) is 0 Å². The molecule has 1 aliphatic heterocycles. The van der Waals surface area contributed by atoms with E-state index >= 15 is 0 Å². The second-order valence-electron chi connectivity index (χ2n) is 8.50. The summed E-state index contributed by atoms with van der Waals surface area (Å²) >= 11 is 0. The van der Waals surface area contributed by atoms with Crippen LogP contribution < -0.4 is 30.0 Å². The van der Waals surface area contributed by atoms with Gasteiger partial charge in [0.05, 0.1) is 38.3 Å². The van der Waals surface area contributed by atoms with Gasteiger partial charge in [0.15, 0.2) is 17.2 Å². The second kappa shape index (κ2) is 9.65. The first-order chi connectivity index (χ1) is 17.5. The number of hydrogen-bond acceptors (Lipinski definition) is 7. The zero-order valence-electron chi connectivity index (χ0n) is 20.3. The summed E-state index contributed by atoms with van der Waals surface area (Å²) < 4.78 is 17.7. The number of hydrogen-bond donors (Lipinski definition) is 2. The topological polar surface area (TPSA) is 110 Å². The molecular formula is C26H27N5O5. The average Bonchev–Trinajstić information content (AvgIpc) is 3.34. The lowest BCUT2D eigenvalue weighted by Gasteiger charge is -2.28. The SMILES string of the molecule is COc1ccc(CCNC(=O)c2cc3c(=O)[nH]c(-c4ccc5c(c4)N(C)CCO5)cn3n2)cc1OC. The number of aromatic amines is 1. The number of fused-ring (bicyclic) bond motifs is 2. The molecule has 3 heterocycles. The Kier molecular flexibility index (Phi) is 6.24. The van der Waals surface area contributed by atoms with Crippen LogP contribution in [0.1, 0.15) is 16.1 Å². The van der Waals surface area contributed by atoms with Gasteiger partial charge < -0.3 is 29.4 Å². The summed E-state index contributed by atoms with van der Waals surface area (Å²) in [5.74, 6) is 1.74. The van der Waals surface area contributed by atoms with Crippen LogP contribution in [0.3, 0.4) is 0 Å². The number of rotatable bonds is 7. The molecule has 2 aromatic heterocycles. The highest BCUT2D eigenvalue weighted by molar-refractivity contribution is 5.93. The van der Waals surface area contributed by atoms with E-state index in [0.29, 0.717) is 42.3 Å². The number of nitrogens with one attached hydrogen (secondary N) is 2. The molecule has 2 aromatic carbocycles. The summed E-state index contributed by atoms with van der Waals surface area (Å²) in [6, 6.07) is 12.9. The van der Waals surface area contributed by atoms with Crippen molar-refractivity contribution in [2.24, 2.45) is 0 Å². The standard InChI is InChI=1S/C26H27N5O5/c1-30-10-11-36-22-7-5-17(13-20(22)30)19-15-31-21(26(33)28-19)14-18(29-31)25(32)27-9-8-16-4-6-23(34-2)24(12-16)35-3/h4-7,12-15H,8-11H2,1-3H3,(H,27,32)(H,28,33). The minimum atomic E-state index is -0.354. The van der Waals surface area contributed by atoms with Gasteiger partial charge in [-0.25, -0.2) is 4.52 Å². The van der Waals surface area contributed by atoms with Crippen LogP contribution in [0.25, 0.3) is 16.8 Å². The van der Waals surface area contributed by atoms with Gasteiger partial charge in [0.25, 0.3) is 11.5 Å². The molecule has 0 spiro atoms. The average molecular weight is 490 g/mol. The first-order valence-electron chi connectivity index (χ1n) is 11.6. The Labute approximate surface area is 207 Å². The van der Waals surface area contributed by atoms with E-state index in [1.54, 1.807) is 20.4 Å². The number of benzene rings is 2. The van der Waals surface area contributed by atoms with Gasteiger partial charge in [-0.3, -0.25) is 9.59 Å². The maximum absolute atomic E-state index is 12.8. The van der Waals surface area contributed by atoms with Crippen LogP contribution in [-0.4, -0.2) is 61.5 Å². The summed E-state index contributed by atoms with van der Waals surface area (Å²) in [4.78, 5) is 30.5. The fourth-order valence-electron chi connectivity index (χ4n) is 4.23. The van der Waals surface area contributed by atoms with Crippen molar-refractivity contribution in [3.8, 4) is 28.5 Å². The van der Waals surface area contributed by atoms with Gasteiger partial charge in [0.1, 0.15) is 17.9 Å². The summed E-state index contributed by atoms with van der Waals surface area (Å²) in [7, 11) is 5.17. The molecule has 0 saturated carbocycles. The zero-order chi connectivity index (χ0) is 25.2. The Morgan fingerprint density at radius 1 is 1.14 bits per heavy atom. The molecule has 0 atom stereocenters. The van der Waals surface area contributed by atoms with Gasteiger partial charge in [-0.05, 0) is 42.3 Å². The molecule has 0 fully saturated rings. The van der Waals surface area contributed by atoms with Crippen molar-refractivity contribution in [3.05, 3.63) is 70.3 Å². The van der Waals surface area contributed by atoms with Crippen molar-refractivity contribution in [3.63, 3.8) is 0 Å². The monoisotopic (exact) mass is 489 g/mol. The molecule has 5 rings (SSSR count). The third-order valence-electron chi connectivity index (χ3n) is 6.21. The summed E-state index contributed by atoms with van der Waals surface area (Å²) in [5, 5.41) is 7.21. The van der Waals surface area contributed by atoms with E-state index in [2.05, 4.69) is 20.3 Å². The largest absolute Gasteiger partial charge is 0.493 e. The molecule has 10 nitrogen and oxygen atoms in total. The predicted octanol–water partition coefficient (Wildman–Crippen LogP) is 2.51. The summed E-state index contributed by atoms with van der Waals surface area (Å²) in [5.41, 5.74) is 3.50. The van der Waals surface area contributed by atoms with Gasteiger partial charge in [-0.2, -0.15) is 5.10 Å². The van der Waals surface area contributed by atoms with Crippen molar-refractivity contribution >= 4 is 17.1 Å². The molecule has 10 heteroatoms. The molecule has 0 unspecified atom stereocenters. The van der Waals surface area contributed by atoms with Gasteiger partial charge in [0, 0.05) is 25.2 Å². The van der Waals surface area contributed by atoms with Crippen molar-refractivity contribution in [2.45, 2.75) is 6.42 Å². The maximum atomic E-state index is 12.8. The first-order valence-corrected chi connectivity index (χ1v) is 11.6. The van der Waals surface area contributed by atoms with E-state index in [0.717, 1.165) is 29.1 Å². The highest BCUT2D eigenvalue weighted by Crippen LogP contribution is 2.34. The van der Waals surface area contributed by atoms with Crippen LogP contribution in [0.15, 0.2) is 53.5 Å². The Bertz CT molecular complexity index is 1490. The van der Waals surface area contributed by atoms with Crippen LogP contribution >= 0.6 is 0 Å². The number of anilines is 1. The molecule has 0 radical (unpaired) electrons. The van der Waals surface area contributed by atoms with Crippen LogP contribution in [0.4, 0.5) is 5.69 Å². The molecule has 186 valence electrons. The molecule has 1 aliphatic rings.